The van der Waals surface area contributed by atoms with Gasteiger partial charge in [-0.05, 0) is 60.5 Å². The normalized spacial score (nSPS) is 21.3. The Balaban J connectivity index is 1.69. The van der Waals surface area contributed by atoms with Crippen molar-refractivity contribution in [2.45, 2.75) is 31.7 Å². The van der Waals surface area contributed by atoms with Gasteiger partial charge in [-0.15, -0.1) is 0 Å². The van der Waals surface area contributed by atoms with Crippen molar-refractivity contribution >= 4 is 46.2 Å². The van der Waals surface area contributed by atoms with Crippen molar-refractivity contribution in [3.05, 3.63) is 70.1 Å². The lowest BCUT2D eigenvalue weighted by molar-refractivity contribution is -0.123. The van der Waals surface area contributed by atoms with Gasteiger partial charge in [0.1, 0.15) is 0 Å². The van der Waals surface area contributed by atoms with Gasteiger partial charge >= 0.3 is 0 Å². The average Bonchev–Trinajstić information content (AvgIpc) is 3.27. The summed E-state index contributed by atoms with van der Waals surface area (Å²) in [7, 11) is 0. The number of thioether (sulfide) groups is 1. The fourth-order valence-corrected chi connectivity index (χ4v) is 4.56. The molecule has 0 spiro atoms. The first-order valence-corrected chi connectivity index (χ1v) is 10.0. The molecule has 0 radical (unpaired) electrons. The van der Waals surface area contributed by atoms with Crippen molar-refractivity contribution < 1.29 is 4.79 Å². The number of para-hydroxylation sites is 1. The van der Waals surface area contributed by atoms with E-state index in [9.17, 15) is 4.79 Å². The average molecular weight is 383 g/mol. The second-order valence-corrected chi connectivity index (χ2v) is 7.95. The number of rotatable bonds is 3. The lowest BCUT2D eigenvalue weighted by atomic mass is 10.2. The lowest BCUT2D eigenvalue weighted by Crippen LogP contribution is -2.37. The minimum absolute atomic E-state index is 0.0616. The van der Waals surface area contributed by atoms with Crippen LogP contribution < -0.4 is 0 Å². The van der Waals surface area contributed by atoms with Crippen molar-refractivity contribution in [2.75, 3.05) is 0 Å². The van der Waals surface area contributed by atoms with Gasteiger partial charge in [0.15, 0.2) is 5.17 Å². The third-order valence-corrected chi connectivity index (χ3v) is 5.91. The van der Waals surface area contributed by atoms with Crippen LogP contribution in [0.15, 0.2) is 64.5 Å². The molecular formula is C21H19ClN2OS. The molecule has 1 amide bonds. The molecule has 0 aromatic heterocycles. The van der Waals surface area contributed by atoms with Gasteiger partial charge in [0.05, 0.1) is 10.6 Å². The number of benzene rings is 2. The number of aliphatic imine (C=N–C) groups is 1. The van der Waals surface area contributed by atoms with Crippen LogP contribution >= 0.6 is 23.4 Å². The Bertz CT molecular complexity index is 855. The molecule has 0 bridgehead atoms. The molecule has 2 aromatic rings. The molecule has 1 aliphatic carbocycles. The molecule has 0 atom stereocenters. The first-order chi connectivity index (χ1) is 12.7. The first-order valence-electron chi connectivity index (χ1n) is 8.83. The Morgan fingerprint density at radius 2 is 1.73 bits per heavy atom. The third-order valence-electron chi connectivity index (χ3n) is 4.68. The van der Waals surface area contributed by atoms with E-state index in [0.717, 1.165) is 29.3 Å². The molecule has 1 heterocycles. The van der Waals surface area contributed by atoms with Gasteiger partial charge < -0.3 is 0 Å². The number of carbonyl (C=O) groups excluding carboxylic acids is 1. The second-order valence-electron chi connectivity index (χ2n) is 6.51. The molecule has 0 unspecified atom stereocenters. The maximum Gasteiger partial charge on any atom is 0.267 e. The topological polar surface area (TPSA) is 32.7 Å². The number of amides is 1. The maximum atomic E-state index is 13.1. The summed E-state index contributed by atoms with van der Waals surface area (Å²) in [6.07, 6.45) is 6.38. The molecule has 1 aliphatic heterocycles. The van der Waals surface area contributed by atoms with Crippen molar-refractivity contribution in [2.24, 2.45) is 4.99 Å². The summed E-state index contributed by atoms with van der Waals surface area (Å²) in [6.45, 7) is 0. The summed E-state index contributed by atoms with van der Waals surface area (Å²) in [5.41, 5.74) is 1.84. The number of halogens is 1. The lowest BCUT2D eigenvalue weighted by Gasteiger charge is -2.22. The molecule has 0 N–H and O–H groups in total. The fourth-order valence-electron chi connectivity index (χ4n) is 3.37. The smallest absolute Gasteiger partial charge is 0.267 e. The zero-order chi connectivity index (χ0) is 17.9. The van der Waals surface area contributed by atoms with Gasteiger partial charge in [0.2, 0.25) is 0 Å². The molecule has 2 aromatic carbocycles. The SMILES string of the molecule is O=C1C(=Cc2ccc(Cl)cc2)SC(=Nc2ccccc2)N1C1CCCC1. The zero-order valence-corrected chi connectivity index (χ0v) is 15.8. The van der Waals surface area contributed by atoms with E-state index in [-0.39, 0.29) is 11.9 Å². The molecule has 5 heteroatoms. The summed E-state index contributed by atoms with van der Waals surface area (Å²) in [6, 6.07) is 17.6. The Kier molecular flexibility index (Phi) is 5.14. The second kappa shape index (κ2) is 7.68. The minimum atomic E-state index is 0.0616. The van der Waals surface area contributed by atoms with Gasteiger partial charge in [0, 0.05) is 11.1 Å². The third kappa shape index (κ3) is 3.71. The van der Waals surface area contributed by atoms with Crippen LogP contribution in [-0.2, 0) is 4.79 Å². The van der Waals surface area contributed by atoms with E-state index >= 15 is 0 Å². The van der Waals surface area contributed by atoms with E-state index in [1.54, 1.807) is 0 Å². The quantitative estimate of drug-likeness (QED) is 0.620. The van der Waals surface area contributed by atoms with Crippen LogP contribution in [0.3, 0.4) is 0 Å². The number of amidine groups is 1. The van der Waals surface area contributed by atoms with Crippen LogP contribution in [0.2, 0.25) is 5.02 Å². The van der Waals surface area contributed by atoms with E-state index in [4.69, 9.17) is 16.6 Å². The highest BCUT2D eigenvalue weighted by Crippen LogP contribution is 2.38. The fraction of sp³-hybridized carbons (Fsp3) is 0.238. The van der Waals surface area contributed by atoms with E-state index in [1.807, 2.05) is 65.6 Å². The Hall–Kier alpha value is -2.04. The van der Waals surface area contributed by atoms with Crippen LogP contribution in [0.4, 0.5) is 5.69 Å². The van der Waals surface area contributed by atoms with Crippen molar-refractivity contribution in [3.8, 4) is 0 Å². The van der Waals surface area contributed by atoms with E-state index < -0.39 is 0 Å². The highest BCUT2D eigenvalue weighted by Gasteiger charge is 2.39. The highest BCUT2D eigenvalue weighted by atomic mass is 35.5. The van der Waals surface area contributed by atoms with E-state index in [2.05, 4.69) is 0 Å². The molecule has 26 heavy (non-hydrogen) atoms. The number of nitrogens with zero attached hydrogens (tertiary/aromatic N) is 2. The van der Waals surface area contributed by atoms with Gasteiger partial charge in [-0.25, -0.2) is 4.99 Å². The van der Waals surface area contributed by atoms with Crippen molar-refractivity contribution in [3.63, 3.8) is 0 Å². The van der Waals surface area contributed by atoms with Gasteiger partial charge in [-0.1, -0.05) is 54.8 Å². The summed E-state index contributed by atoms with van der Waals surface area (Å²) in [5.74, 6) is 0.0616. The largest absolute Gasteiger partial charge is 0.283 e. The predicted octanol–water partition coefficient (Wildman–Crippen LogP) is 5.89. The molecule has 1 saturated heterocycles. The molecule has 2 fully saturated rings. The predicted molar refractivity (Wildman–Crippen MR) is 110 cm³/mol. The summed E-state index contributed by atoms with van der Waals surface area (Å²) in [5, 5.41) is 1.48. The van der Waals surface area contributed by atoms with Crippen LogP contribution in [0.25, 0.3) is 6.08 Å². The number of hydrogen-bond acceptors (Lipinski definition) is 3. The molecule has 4 rings (SSSR count). The van der Waals surface area contributed by atoms with Crippen LogP contribution in [0.1, 0.15) is 31.2 Å². The van der Waals surface area contributed by atoms with Crippen LogP contribution in [0.5, 0.6) is 0 Å². The molecule has 1 saturated carbocycles. The molecular weight excluding hydrogens is 364 g/mol. The number of hydrogen-bond donors (Lipinski definition) is 0. The van der Waals surface area contributed by atoms with E-state index in [1.165, 1.54) is 24.6 Å². The molecule has 2 aliphatic rings. The molecule has 3 nitrogen and oxygen atoms in total. The van der Waals surface area contributed by atoms with Crippen molar-refractivity contribution in [1.29, 1.82) is 0 Å². The van der Waals surface area contributed by atoms with Gasteiger partial charge in [0.25, 0.3) is 5.91 Å². The van der Waals surface area contributed by atoms with Gasteiger partial charge in [-0.2, -0.15) is 0 Å². The summed E-state index contributed by atoms with van der Waals surface area (Å²) in [4.78, 5) is 20.5. The monoisotopic (exact) mass is 382 g/mol. The Morgan fingerprint density at radius 3 is 2.42 bits per heavy atom. The van der Waals surface area contributed by atoms with Gasteiger partial charge in [-0.3, -0.25) is 9.69 Å². The summed E-state index contributed by atoms with van der Waals surface area (Å²) >= 11 is 7.42. The maximum absolute atomic E-state index is 13.1. The van der Waals surface area contributed by atoms with Crippen LogP contribution in [-0.4, -0.2) is 22.0 Å². The summed E-state index contributed by atoms with van der Waals surface area (Å²) < 4.78 is 0. The highest BCUT2D eigenvalue weighted by molar-refractivity contribution is 8.18. The first kappa shape index (κ1) is 17.4. The standard InChI is InChI=1S/C21H19ClN2OS/c22-16-12-10-15(11-13-16)14-19-20(25)24(18-8-4-5-9-18)21(26-19)23-17-6-2-1-3-7-17/h1-3,6-7,10-14,18H,4-5,8-9H2. The number of carbonyl (C=O) groups is 1. The zero-order valence-electron chi connectivity index (χ0n) is 14.3. The van der Waals surface area contributed by atoms with Crippen LogP contribution in [0, 0.1) is 0 Å². The van der Waals surface area contributed by atoms with Crippen molar-refractivity contribution in [1.82, 2.24) is 4.90 Å². The Labute approximate surface area is 162 Å². The van der Waals surface area contributed by atoms with E-state index in [0.29, 0.717) is 9.93 Å². The minimum Gasteiger partial charge on any atom is -0.283 e. The Morgan fingerprint density at radius 1 is 1.04 bits per heavy atom. The molecule has 132 valence electrons.